The Balaban J connectivity index is 2.03. The van der Waals surface area contributed by atoms with E-state index in [2.05, 4.69) is 10.3 Å². The largest absolute Gasteiger partial charge is 0.480 e. The van der Waals surface area contributed by atoms with E-state index in [4.69, 9.17) is 5.11 Å². The van der Waals surface area contributed by atoms with Crippen molar-refractivity contribution in [2.45, 2.75) is 18.0 Å². The summed E-state index contributed by atoms with van der Waals surface area (Å²) in [5.74, 6) is -1.09. The highest BCUT2D eigenvalue weighted by atomic mass is 32.2. The average molecular weight is 278 g/mol. The number of aromatic nitrogens is 1. The standard InChI is InChI=1S/C13H14N2O3S/c1-8(16)14-11(13(17)18)7-19-12-6-9-4-2-3-5-10(9)15-12/h2-6,11,15H,7H2,1H3,(H,14,16)(H,17,18). The van der Waals surface area contributed by atoms with E-state index in [0.717, 1.165) is 15.9 Å². The number of hydrogen-bond donors (Lipinski definition) is 3. The summed E-state index contributed by atoms with van der Waals surface area (Å²) < 4.78 is 0. The van der Waals surface area contributed by atoms with Gasteiger partial charge in [-0.3, -0.25) is 4.79 Å². The Morgan fingerprint density at radius 3 is 2.79 bits per heavy atom. The van der Waals surface area contributed by atoms with E-state index in [1.165, 1.54) is 18.7 Å². The van der Waals surface area contributed by atoms with Gasteiger partial charge in [-0.2, -0.15) is 0 Å². The molecule has 2 rings (SSSR count). The lowest BCUT2D eigenvalue weighted by atomic mass is 10.3. The van der Waals surface area contributed by atoms with Crippen LogP contribution in [0.2, 0.25) is 0 Å². The van der Waals surface area contributed by atoms with E-state index < -0.39 is 12.0 Å². The first-order valence-electron chi connectivity index (χ1n) is 5.76. The van der Waals surface area contributed by atoms with Crippen LogP contribution in [0.5, 0.6) is 0 Å². The van der Waals surface area contributed by atoms with Crippen LogP contribution in [0.4, 0.5) is 0 Å². The number of benzene rings is 1. The van der Waals surface area contributed by atoms with Crippen molar-refractivity contribution in [1.82, 2.24) is 10.3 Å². The summed E-state index contributed by atoms with van der Waals surface area (Å²) in [5.41, 5.74) is 1.01. The molecule has 0 aliphatic rings. The van der Waals surface area contributed by atoms with E-state index in [-0.39, 0.29) is 11.7 Å². The number of para-hydroxylation sites is 1. The van der Waals surface area contributed by atoms with Crippen molar-refractivity contribution in [2.24, 2.45) is 0 Å². The van der Waals surface area contributed by atoms with Crippen LogP contribution in [-0.4, -0.2) is 33.8 Å². The van der Waals surface area contributed by atoms with Gasteiger partial charge in [0.25, 0.3) is 0 Å². The summed E-state index contributed by atoms with van der Waals surface area (Å²) in [6.07, 6.45) is 0. The summed E-state index contributed by atoms with van der Waals surface area (Å²) in [5, 5.41) is 13.4. The second-order valence-corrected chi connectivity index (χ2v) is 5.19. The zero-order valence-corrected chi connectivity index (χ0v) is 11.2. The lowest BCUT2D eigenvalue weighted by Crippen LogP contribution is -2.41. The van der Waals surface area contributed by atoms with Gasteiger partial charge in [0.15, 0.2) is 0 Å². The number of carboxylic acid groups (broad SMARTS) is 1. The van der Waals surface area contributed by atoms with E-state index in [1.54, 1.807) is 0 Å². The number of nitrogens with one attached hydrogen (secondary N) is 2. The molecule has 1 atom stereocenters. The van der Waals surface area contributed by atoms with E-state index >= 15 is 0 Å². The molecule has 0 saturated heterocycles. The van der Waals surface area contributed by atoms with Gasteiger partial charge in [0.2, 0.25) is 5.91 Å². The SMILES string of the molecule is CC(=O)NC(CSc1cc2ccccc2[nH]1)C(=O)O. The predicted molar refractivity (Wildman–Crippen MR) is 74.3 cm³/mol. The number of rotatable bonds is 5. The number of carboxylic acids is 1. The zero-order chi connectivity index (χ0) is 13.8. The highest BCUT2D eigenvalue weighted by Gasteiger charge is 2.18. The van der Waals surface area contributed by atoms with Crippen molar-refractivity contribution >= 4 is 34.5 Å². The van der Waals surface area contributed by atoms with E-state index in [0.29, 0.717) is 0 Å². The first-order chi connectivity index (χ1) is 9.06. The van der Waals surface area contributed by atoms with E-state index in [1.807, 2.05) is 30.3 Å². The Labute approximate surface area is 114 Å². The number of carbonyl (C=O) groups is 2. The molecule has 5 nitrogen and oxygen atoms in total. The molecule has 1 unspecified atom stereocenters. The molecule has 0 saturated carbocycles. The Hall–Kier alpha value is -1.95. The fraction of sp³-hybridized carbons (Fsp3) is 0.231. The number of hydrogen-bond acceptors (Lipinski definition) is 3. The molecular formula is C13H14N2O3S. The van der Waals surface area contributed by atoms with Crippen molar-refractivity contribution < 1.29 is 14.7 Å². The second-order valence-electron chi connectivity index (χ2n) is 4.12. The average Bonchev–Trinajstić information content (AvgIpc) is 2.76. The van der Waals surface area contributed by atoms with Gasteiger partial charge in [-0.25, -0.2) is 4.79 Å². The molecule has 1 aromatic carbocycles. The molecule has 19 heavy (non-hydrogen) atoms. The molecule has 6 heteroatoms. The van der Waals surface area contributed by atoms with Crippen LogP contribution >= 0.6 is 11.8 Å². The van der Waals surface area contributed by atoms with Crippen molar-refractivity contribution in [1.29, 1.82) is 0 Å². The maximum absolute atomic E-state index is 11.0. The second kappa shape index (κ2) is 5.79. The maximum Gasteiger partial charge on any atom is 0.327 e. The first kappa shape index (κ1) is 13.5. The summed E-state index contributed by atoms with van der Waals surface area (Å²) in [4.78, 5) is 25.1. The number of H-pyrrole nitrogens is 1. The van der Waals surface area contributed by atoms with Crippen molar-refractivity contribution in [3.05, 3.63) is 30.3 Å². The third kappa shape index (κ3) is 3.51. The molecule has 0 fully saturated rings. The van der Waals surface area contributed by atoms with Gasteiger partial charge in [0, 0.05) is 23.6 Å². The molecule has 0 radical (unpaired) electrons. The number of thioether (sulfide) groups is 1. The minimum Gasteiger partial charge on any atom is -0.480 e. The maximum atomic E-state index is 11.0. The van der Waals surface area contributed by atoms with Crippen LogP contribution < -0.4 is 5.32 Å². The molecule has 0 aliphatic carbocycles. The molecule has 0 bridgehead atoms. The van der Waals surface area contributed by atoms with Crippen molar-refractivity contribution in [3.8, 4) is 0 Å². The Morgan fingerprint density at radius 1 is 1.42 bits per heavy atom. The van der Waals surface area contributed by atoms with Crippen molar-refractivity contribution in [3.63, 3.8) is 0 Å². The minimum absolute atomic E-state index is 0.279. The predicted octanol–water partition coefficient (Wildman–Crippen LogP) is 1.85. The fourth-order valence-electron chi connectivity index (χ4n) is 1.72. The van der Waals surface area contributed by atoms with Gasteiger partial charge in [-0.1, -0.05) is 18.2 Å². The minimum atomic E-state index is -1.03. The van der Waals surface area contributed by atoms with Crippen LogP contribution in [0.3, 0.4) is 0 Å². The molecule has 0 aliphatic heterocycles. The van der Waals surface area contributed by atoms with Crippen molar-refractivity contribution in [2.75, 3.05) is 5.75 Å². The number of amides is 1. The van der Waals surface area contributed by atoms with Crippen LogP contribution in [-0.2, 0) is 9.59 Å². The Kier molecular flexibility index (Phi) is 4.11. The third-order valence-electron chi connectivity index (χ3n) is 2.59. The van der Waals surface area contributed by atoms with Gasteiger partial charge < -0.3 is 15.4 Å². The monoisotopic (exact) mass is 278 g/mol. The molecular weight excluding hydrogens is 264 g/mol. The van der Waals surface area contributed by atoms with Crippen LogP contribution in [0.15, 0.2) is 35.4 Å². The van der Waals surface area contributed by atoms with Gasteiger partial charge in [-0.05, 0) is 12.1 Å². The number of aromatic amines is 1. The molecule has 1 aromatic heterocycles. The topological polar surface area (TPSA) is 82.2 Å². The molecule has 2 aromatic rings. The molecule has 1 amide bonds. The quantitative estimate of drug-likeness (QED) is 0.729. The van der Waals surface area contributed by atoms with Gasteiger partial charge >= 0.3 is 5.97 Å². The molecule has 3 N–H and O–H groups in total. The van der Waals surface area contributed by atoms with Gasteiger partial charge in [0.1, 0.15) is 6.04 Å². The van der Waals surface area contributed by atoms with Crippen LogP contribution in [0.25, 0.3) is 10.9 Å². The van der Waals surface area contributed by atoms with Crippen LogP contribution in [0.1, 0.15) is 6.92 Å². The normalized spacial score (nSPS) is 12.3. The van der Waals surface area contributed by atoms with E-state index in [9.17, 15) is 9.59 Å². The summed E-state index contributed by atoms with van der Waals surface area (Å²) in [6, 6.07) is 8.91. The smallest absolute Gasteiger partial charge is 0.327 e. The van der Waals surface area contributed by atoms with Gasteiger partial charge in [-0.15, -0.1) is 11.8 Å². The highest BCUT2D eigenvalue weighted by Crippen LogP contribution is 2.23. The first-order valence-corrected chi connectivity index (χ1v) is 6.75. The molecule has 0 spiro atoms. The third-order valence-corrected chi connectivity index (χ3v) is 3.62. The lowest BCUT2D eigenvalue weighted by molar-refractivity contribution is -0.140. The molecule has 1 heterocycles. The number of aliphatic carboxylic acids is 1. The van der Waals surface area contributed by atoms with Crippen LogP contribution in [0, 0.1) is 0 Å². The number of carbonyl (C=O) groups excluding carboxylic acids is 1. The lowest BCUT2D eigenvalue weighted by Gasteiger charge is -2.11. The van der Waals surface area contributed by atoms with Gasteiger partial charge in [0.05, 0.1) is 5.03 Å². The summed E-state index contributed by atoms with van der Waals surface area (Å²) >= 11 is 1.37. The Bertz CT molecular complexity index is 576. The summed E-state index contributed by atoms with van der Waals surface area (Å²) in [6.45, 7) is 1.31. The highest BCUT2D eigenvalue weighted by molar-refractivity contribution is 7.99. The fourth-order valence-corrected chi connectivity index (χ4v) is 2.68. The zero-order valence-electron chi connectivity index (χ0n) is 10.3. The summed E-state index contributed by atoms with van der Waals surface area (Å²) in [7, 11) is 0. The molecule has 100 valence electrons. The Morgan fingerprint density at radius 2 is 2.16 bits per heavy atom. The number of fused-ring (bicyclic) bond motifs is 1.